The molecule has 0 aliphatic carbocycles. The van der Waals surface area contributed by atoms with Crippen molar-refractivity contribution in [2.75, 3.05) is 0 Å². The summed E-state index contributed by atoms with van der Waals surface area (Å²) < 4.78 is 7.16. The van der Waals surface area contributed by atoms with E-state index in [4.69, 9.17) is 4.74 Å². The van der Waals surface area contributed by atoms with Gasteiger partial charge in [-0.1, -0.05) is 0 Å². The summed E-state index contributed by atoms with van der Waals surface area (Å²) in [6, 6.07) is 1.91. The number of Topliss-reactive ketones (excluding diaryl/α,β-unsaturated/α-hetero) is 2. The lowest BCUT2D eigenvalue weighted by molar-refractivity contribution is -0.146. The van der Waals surface area contributed by atoms with Gasteiger partial charge in [-0.05, 0) is 66.0 Å². The van der Waals surface area contributed by atoms with E-state index in [0.717, 1.165) is 28.3 Å². The third-order valence-electron chi connectivity index (χ3n) is 5.58. The summed E-state index contributed by atoms with van der Waals surface area (Å²) in [5.41, 5.74) is 6.39. The van der Waals surface area contributed by atoms with E-state index in [-0.39, 0.29) is 18.0 Å². The summed E-state index contributed by atoms with van der Waals surface area (Å²) in [6.07, 6.45) is -0.400. The van der Waals surface area contributed by atoms with Crippen molar-refractivity contribution in [1.82, 2.24) is 19.6 Å². The van der Waals surface area contributed by atoms with Gasteiger partial charge in [-0.3, -0.25) is 14.4 Å². The van der Waals surface area contributed by atoms with Gasteiger partial charge in [-0.15, -0.1) is 0 Å². The first kappa shape index (κ1) is 22.4. The van der Waals surface area contributed by atoms with Gasteiger partial charge in [0.15, 0.2) is 17.5 Å². The summed E-state index contributed by atoms with van der Waals surface area (Å²) in [5, 5.41) is 4.44. The molecule has 1 unspecified atom stereocenters. The molecule has 31 heavy (non-hydrogen) atoms. The maximum atomic E-state index is 12.8. The van der Waals surface area contributed by atoms with Crippen molar-refractivity contribution in [2.24, 2.45) is 0 Å². The molecule has 3 heterocycles. The van der Waals surface area contributed by atoms with Crippen LogP contribution in [0, 0.1) is 34.6 Å². The topological polar surface area (TPSA) is 106 Å². The zero-order valence-electron chi connectivity index (χ0n) is 19.0. The minimum Gasteiger partial charge on any atom is -0.454 e. The molecule has 164 valence electrons. The Hall–Kier alpha value is -3.29. The lowest BCUT2D eigenvalue weighted by Gasteiger charge is -2.14. The average molecular weight is 425 g/mol. The van der Waals surface area contributed by atoms with Gasteiger partial charge in [0.2, 0.25) is 5.78 Å². The SMILES string of the molecule is CC(=O)c1c(C)[nH]c(C(=O)C(C)OC(=O)CCc2c(C)nc3cc(C)nn3c2C)c1C. The Bertz CT molecular complexity index is 1200. The van der Waals surface area contributed by atoms with E-state index in [2.05, 4.69) is 15.1 Å². The van der Waals surface area contributed by atoms with E-state index in [0.29, 0.717) is 28.9 Å². The first-order valence-corrected chi connectivity index (χ1v) is 10.3. The first-order valence-electron chi connectivity index (χ1n) is 10.3. The maximum Gasteiger partial charge on any atom is 0.306 e. The summed E-state index contributed by atoms with van der Waals surface area (Å²) in [6.45, 7) is 12.2. The monoisotopic (exact) mass is 424 g/mol. The van der Waals surface area contributed by atoms with Crippen LogP contribution in [0.3, 0.4) is 0 Å². The molecule has 3 aromatic heterocycles. The van der Waals surface area contributed by atoms with E-state index in [1.54, 1.807) is 25.3 Å². The van der Waals surface area contributed by atoms with Gasteiger partial charge in [0.1, 0.15) is 0 Å². The quantitative estimate of drug-likeness (QED) is 0.459. The molecule has 1 atom stereocenters. The van der Waals surface area contributed by atoms with Crippen LogP contribution in [-0.4, -0.2) is 43.2 Å². The normalized spacial score (nSPS) is 12.2. The molecule has 1 N–H and O–H groups in total. The highest BCUT2D eigenvalue weighted by Crippen LogP contribution is 2.21. The highest BCUT2D eigenvalue weighted by molar-refractivity contribution is 6.05. The highest BCUT2D eigenvalue weighted by atomic mass is 16.5. The predicted octanol–water partition coefficient (Wildman–Crippen LogP) is 3.55. The standard InChI is InChI=1S/C23H28N4O4/c1-11-10-19-24-13(3)18(15(5)27(19)26-11)8-9-20(29)31-17(7)23(30)22-12(2)21(16(6)28)14(4)25-22/h10,17,25H,8-9H2,1-7H3. The summed E-state index contributed by atoms with van der Waals surface area (Å²) in [5.74, 6) is -0.938. The number of aromatic nitrogens is 4. The minimum absolute atomic E-state index is 0.112. The molecule has 0 bridgehead atoms. The predicted molar refractivity (Wildman–Crippen MR) is 116 cm³/mol. The molecule has 0 aromatic carbocycles. The number of hydrogen-bond acceptors (Lipinski definition) is 6. The Morgan fingerprint density at radius 1 is 1.16 bits per heavy atom. The second kappa shape index (κ2) is 8.45. The fourth-order valence-electron chi connectivity index (χ4n) is 4.07. The van der Waals surface area contributed by atoms with E-state index >= 15 is 0 Å². The number of aromatic amines is 1. The Labute approximate surface area is 181 Å². The minimum atomic E-state index is -0.958. The lowest BCUT2D eigenvalue weighted by atomic mass is 10.0. The smallest absolute Gasteiger partial charge is 0.306 e. The van der Waals surface area contributed by atoms with E-state index in [1.807, 2.05) is 26.8 Å². The highest BCUT2D eigenvalue weighted by Gasteiger charge is 2.26. The molecule has 0 saturated heterocycles. The largest absolute Gasteiger partial charge is 0.454 e. The number of hydrogen-bond donors (Lipinski definition) is 1. The molecular weight excluding hydrogens is 396 g/mol. The molecule has 0 aliphatic rings. The second-order valence-corrected chi connectivity index (χ2v) is 7.99. The number of carbonyl (C=O) groups is 3. The van der Waals surface area contributed by atoms with Crippen molar-refractivity contribution in [3.63, 3.8) is 0 Å². The van der Waals surface area contributed by atoms with Crippen LogP contribution in [-0.2, 0) is 16.0 Å². The summed E-state index contributed by atoms with van der Waals surface area (Å²) in [7, 11) is 0. The number of aryl methyl sites for hydroxylation is 4. The Morgan fingerprint density at radius 2 is 1.84 bits per heavy atom. The molecule has 0 spiro atoms. The van der Waals surface area contributed by atoms with Gasteiger partial charge >= 0.3 is 5.97 Å². The molecule has 0 aliphatic heterocycles. The molecular formula is C23H28N4O4. The zero-order chi connectivity index (χ0) is 23.0. The van der Waals surface area contributed by atoms with Crippen molar-refractivity contribution in [2.45, 2.75) is 67.4 Å². The maximum absolute atomic E-state index is 12.8. The Morgan fingerprint density at radius 3 is 2.45 bits per heavy atom. The molecule has 8 heteroatoms. The molecule has 3 rings (SSSR count). The Kier molecular flexibility index (Phi) is 6.10. The zero-order valence-corrected chi connectivity index (χ0v) is 19.0. The molecule has 3 aromatic rings. The van der Waals surface area contributed by atoms with Crippen molar-refractivity contribution in [1.29, 1.82) is 0 Å². The van der Waals surface area contributed by atoms with Crippen molar-refractivity contribution < 1.29 is 19.1 Å². The number of nitrogens with one attached hydrogen (secondary N) is 1. The van der Waals surface area contributed by atoms with E-state index in [1.165, 1.54) is 6.92 Å². The van der Waals surface area contributed by atoms with Crippen LogP contribution in [0.5, 0.6) is 0 Å². The van der Waals surface area contributed by atoms with Crippen LogP contribution in [0.25, 0.3) is 5.65 Å². The number of H-pyrrole nitrogens is 1. The fourth-order valence-corrected chi connectivity index (χ4v) is 4.07. The number of nitrogens with zero attached hydrogens (tertiary/aromatic N) is 3. The number of carbonyl (C=O) groups excluding carboxylic acids is 3. The molecule has 0 radical (unpaired) electrons. The number of ketones is 2. The van der Waals surface area contributed by atoms with Gasteiger partial charge in [-0.2, -0.15) is 5.10 Å². The average Bonchev–Trinajstić information content (AvgIpc) is 3.19. The van der Waals surface area contributed by atoms with E-state index in [9.17, 15) is 14.4 Å². The van der Waals surface area contributed by atoms with Crippen molar-refractivity contribution in [3.8, 4) is 0 Å². The van der Waals surface area contributed by atoms with Crippen LogP contribution in [0.1, 0.15) is 75.0 Å². The first-order chi connectivity index (χ1) is 14.5. The molecule has 0 fully saturated rings. The fraction of sp³-hybridized carbons (Fsp3) is 0.435. The van der Waals surface area contributed by atoms with E-state index < -0.39 is 12.1 Å². The van der Waals surface area contributed by atoms with Gasteiger partial charge in [0.25, 0.3) is 0 Å². The third kappa shape index (κ3) is 4.28. The van der Waals surface area contributed by atoms with Gasteiger partial charge < -0.3 is 9.72 Å². The number of rotatable bonds is 7. The van der Waals surface area contributed by atoms with Crippen LogP contribution in [0.15, 0.2) is 6.07 Å². The van der Waals surface area contributed by atoms with Crippen LogP contribution >= 0.6 is 0 Å². The number of ether oxygens (including phenoxy) is 1. The number of fused-ring (bicyclic) bond motifs is 1. The van der Waals surface area contributed by atoms with Gasteiger partial charge in [0.05, 0.1) is 11.4 Å². The summed E-state index contributed by atoms with van der Waals surface area (Å²) >= 11 is 0. The second-order valence-electron chi connectivity index (χ2n) is 7.99. The molecule has 0 saturated carbocycles. The Balaban J connectivity index is 1.69. The van der Waals surface area contributed by atoms with Gasteiger partial charge in [0, 0.05) is 35.1 Å². The van der Waals surface area contributed by atoms with Crippen molar-refractivity contribution >= 4 is 23.2 Å². The summed E-state index contributed by atoms with van der Waals surface area (Å²) in [4.78, 5) is 44.5. The van der Waals surface area contributed by atoms with Crippen LogP contribution in [0.4, 0.5) is 0 Å². The molecule has 0 amide bonds. The van der Waals surface area contributed by atoms with Crippen LogP contribution in [0.2, 0.25) is 0 Å². The van der Waals surface area contributed by atoms with Gasteiger partial charge in [-0.25, -0.2) is 9.50 Å². The van der Waals surface area contributed by atoms with Crippen molar-refractivity contribution in [3.05, 3.63) is 51.2 Å². The third-order valence-corrected chi connectivity index (χ3v) is 5.58. The number of esters is 1. The van der Waals surface area contributed by atoms with Crippen LogP contribution < -0.4 is 0 Å². The molecule has 8 nitrogen and oxygen atoms in total. The lowest BCUT2D eigenvalue weighted by Crippen LogP contribution is -2.25.